The molecule has 1 heterocycles. The van der Waals surface area contributed by atoms with Gasteiger partial charge in [0.05, 0.1) is 17.6 Å². The number of hydrogen-bond acceptors (Lipinski definition) is 3. The van der Waals surface area contributed by atoms with Crippen molar-refractivity contribution in [3.05, 3.63) is 39.6 Å². The molecule has 0 saturated heterocycles. The molecular formula is C13H16BrClN4. The molecule has 0 spiro atoms. The minimum atomic E-state index is 0.0602. The largest absolute Gasteiger partial charge is 0.306 e. The van der Waals surface area contributed by atoms with Gasteiger partial charge in [0.2, 0.25) is 0 Å². The molecular weight excluding hydrogens is 328 g/mol. The molecule has 102 valence electrons. The van der Waals surface area contributed by atoms with Crippen molar-refractivity contribution in [1.29, 1.82) is 0 Å². The van der Waals surface area contributed by atoms with Gasteiger partial charge in [-0.2, -0.15) is 0 Å². The lowest BCUT2D eigenvalue weighted by Crippen LogP contribution is -2.35. The smallest absolute Gasteiger partial charge is 0.0969 e. The van der Waals surface area contributed by atoms with Crippen LogP contribution < -0.4 is 5.32 Å². The number of hydrogen-bond donors (Lipinski definition) is 1. The number of halogens is 2. The van der Waals surface area contributed by atoms with E-state index in [4.69, 9.17) is 11.6 Å². The molecule has 1 N–H and O–H groups in total. The normalized spacial score (nSPS) is 11.8. The van der Waals surface area contributed by atoms with E-state index >= 15 is 0 Å². The average Bonchev–Trinajstić information content (AvgIpc) is 2.74. The summed E-state index contributed by atoms with van der Waals surface area (Å²) in [5.74, 6) is 0. The van der Waals surface area contributed by atoms with Gasteiger partial charge in [-0.1, -0.05) is 16.8 Å². The number of aromatic nitrogens is 3. The van der Waals surface area contributed by atoms with E-state index in [1.54, 1.807) is 4.68 Å². The van der Waals surface area contributed by atoms with Gasteiger partial charge >= 0.3 is 0 Å². The molecule has 2 aromatic rings. The van der Waals surface area contributed by atoms with Gasteiger partial charge in [-0.3, -0.25) is 0 Å². The quantitative estimate of drug-likeness (QED) is 0.926. The summed E-state index contributed by atoms with van der Waals surface area (Å²) in [6.07, 6.45) is 1.91. The molecule has 2 rings (SSSR count). The van der Waals surface area contributed by atoms with Crippen LogP contribution in [0.25, 0.3) is 5.69 Å². The van der Waals surface area contributed by atoms with Gasteiger partial charge in [0.15, 0.2) is 0 Å². The van der Waals surface area contributed by atoms with Crippen LogP contribution in [-0.4, -0.2) is 20.5 Å². The lowest BCUT2D eigenvalue weighted by Gasteiger charge is -2.19. The Labute approximate surface area is 126 Å². The predicted octanol–water partition coefficient (Wildman–Crippen LogP) is 3.57. The van der Waals surface area contributed by atoms with E-state index in [9.17, 15) is 0 Å². The van der Waals surface area contributed by atoms with Crippen LogP contribution in [0.4, 0.5) is 0 Å². The third-order valence-electron chi connectivity index (χ3n) is 2.50. The van der Waals surface area contributed by atoms with Crippen LogP contribution in [0.15, 0.2) is 28.9 Å². The van der Waals surface area contributed by atoms with E-state index in [2.05, 4.69) is 52.3 Å². The summed E-state index contributed by atoms with van der Waals surface area (Å²) in [4.78, 5) is 0. The van der Waals surface area contributed by atoms with E-state index in [-0.39, 0.29) is 5.54 Å². The zero-order valence-corrected chi connectivity index (χ0v) is 13.5. The van der Waals surface area contributed by atoms with Gasteiger partial charge in [0.1, 0.15) is 0 Å². The Morgan fingerprint density at radius 2 is 2.11 bits per heavy atom. The Kier molecular flexibility index (Phi) is 4.28. The van der Waals surface area contributed by atoms with Crippen LogP contribution in [0.3, 0.4) is 0 Å². The monoisotopic (exact) mass is 342 g/mol. The molecule has 0 aliphatic carbocycles. The van der Waals surface area contributed by atoms with Crippen molar-refractivity contribution in [2.75, 3.05) is 0 Å². The molecule has 0 unspecified atom stereocenters. The first-order valence-electron chi connectivity index (χ1n) is 5.97. The van der Waals surface area contributed by atoms with Crippen molar-refractivity contribution < 1.29 is 0 Å². The summed E-state index contributed by atoms with van der Waals surface area (Å²) in [5, 5.41) is 12.4. The van der Waals surface area contributed by atoms with Crippen molar-refractivity contribution in [3.8, 4) is 5.69 Å². The molecule has 19 heavy (non-hydrogen) atoms. The van der Waals surface area contributed by atoms with E-state index in [1.807, 2.05) is 24.4 Å². The van der Waals surface area contributed by atoms with Gasteiger partial charge in [0, 0.05) is 21.6 Å². The van der Waals surface area contributed by atoms with Gasteiger partial charge in [-0.25, -0.2) is 4.68 Å². The molecule has 1 aromatic heterocycles. The molecule has 0 aliphatic rings. The third-order valence-corrected chi connectivity index (χ3v) is 3.37. The highest BCUT2D eigenvalue weighted by atomic mass is 79.9. The Hall–Kier alpha value is -0.910. The highest BCUT2D eigenvalue weighted by Crippen LogP contribution is 2.24. The number of nitrogens with zero attached hydrogens (tertiary/aromatic N) is 3. The van der Waals surface area contributed by atoms with Gasteiger partial charge in [-0.05, 0) is 54.9 Å². The molecule has 1 aromatic carbocycles. The van der Waals surface area contributed by atoms with Crippen LogP contribution in [0, 0.1) is 0 Å². The first-order chi connectivity index (χ1) is 8.85. The maximum atomic E-state index is 5.92. The van der Waals surface area contributed by atoms with Crippen molar-refractivity contribution in [2.24, 2.45) is 0 Å². The third kappa shape index (κ3) is 4.03. The number of rotatable bonds is 3. The van der Waals surface area contributed by atoms with Gasteiger partial charge < -0.3 is 5.32 Å². The standard InChI is InChI=1S/C13H16BrClN4/c1-13(2,3)16-7-10-8-19(18-17-10)12-5-4-9(15)6-11(12)14/h4-6,8,16H,7H2,1-3H3. The maximum Gasteiger partial charge on any atom is 0.0969 e. The highest BCUT2D eigenvalue weighted by molar-refractivity contribution is 9.10. The predicted molar refractivity (Wildman–Crippen MR) is 80.7 cm³/mol. The Bertz CT molecular complexity index is 574. The number of benzene rings is 1. The lowest BCUT2D eigenvalue weighted by atomic mass is 10.1. The van der Waals surface area contributed by atoms with Crippen LogP contribution in [0.2, 0.25) is 5.02 Å². The molecule has 0 atom stereocenters. The van der Waals surface area contributed by atoms with Crippen LogP contribution in [0.1, 0.15) is 26.5 Å². The first kappa shape index (κ1) is 14.5. The Balaban J connectivity index is 2.16. The average molecular weight is 344 g/mol. The molecule has 0 amide bonds. The molecule has 6 heteroatoms. The Morgan fingerprint density at radius 3 is 2.74 bits per heavy atom. The summed E-state index contributed by atoms with van der Waals surface area (Å²) in [5.41, 5.74) is 1.88. The highest BCUT2D eigenvalue weighted by Gasteiger charge is 2.11. The van der Waals surface area contributed by atoms with Crippen molar-refractivity contribution >= 4 is 27.5 Å². The van der Waals surface area contributed by atoms with E-state index in [1.165, 1.54) is 0 Å². The molecule has 0 saturated carbocycles. The fourth-order valence-corrected chi connectivity index (χ4v) is 2.38. The molecule has 4 nitrogen and oxygen atoms in total. The van der Waals surface area contributed by atoms with Crippen molar-refractivity contribution in [1.82, 2.24) is 20.3 Å². The topological polar surface area (TPSA) is 42.7 Å². The first-order valence-corrected chi connectivity index (χ1v) is 7.14. The van der Waals surface area contributed by atoms with Crippen molar-refractivity contribution in [3.63, 3.8) is 0 Å². The Morgan fingerprint density at radius 1 is 1.37 bits per heavy atom. The molecule has 0 radical (unpaired) electrons. The van der Waals surface area contributed by atoms with E-state index < -0.39 is 0 Å². The molecule has 0 fully saturated rings. The molecule has 0 aliphatic heterocycles. The summed E-state index contributed by atoms with van der Waals surface area (Å²) in [7, 11) is 0. The summed E-state index contributed by atoms with van der Waals surface area (Å²) >= 11 is 9.40. The van der Waals surface area contributed by atoms with Gasteiger partial charge in [-0.15, -0.1) is 5.10 Å². The maximum absolute atomic E-state index is 5.92. The van der Waals surface area contributed by atoms with Crippen molar-refractivity contribution in [2.45, 2.75) is 32.9 Å². The zero-order valence-electron chi connectivity index (χ0n) is 11.1. The fraction of sp³-hybridized carbons (Fsp3) is 0.385. The van der Waals surface area contributed by atoms with E-state index in [0.717, 1.165) is 15.9 Å². The van der Waals surface area contributed by atoms with Crippen LogP contribution >= 0.6 is 27.5 Å². The second kappa shape index (κ2) is 5.61. The second-order valence-electron chi connectivity index (χ2n) is 5.35. The lowest BCUT2D eigenvalue weighted by molar-refractivity contribution is 0.421. The number of nitrogens with one attached hydrogen (secondary N) is 1. The minimum absolute atomic E-state index is 0.0602. The van der Waals surface area contributed by atoms with Gasteiger partial charge in [0.25, 0.3) is 0 Å². The summed E-state index contributed by atoms with van der Waals surface area (Å²) in [6, 6.07) is 5.57. The van der Waals surface area contributed by atoms with E-state index in [0.29, 0.717) is 11.6 Å². The van der Waals surface area contributed by atoms with Crippen LogP contribution in [-0.2, 0) is 6.54 Å². The SMILES string of the molecule is CC(C)(C)NCc1cn(-c2ccc(Cl)cc2Br)nn1. The van der Waals surface area contributed by atoms with Crippen LogP contribution in [0.5, 0.6) is 0 Å². The minimum Gasteiger partial charge on any atom is -0.306 e. The summed E-state index contributed by atoms with van der Waals surface area (Å²) < 4.78 is 2.63. The zero-order chi connectivity index (χ0) is 14.0. The second-order valence-corrected chi connectivity index (χ2v) is 6.64. The summed E-state index contributed by atoms with van der Waals surface area (Å²) in [6.45, 7) is 7.04. The molecule has 0 bridgehead atoms. The fourth-order valence-electron chi connectivity index (χ4n) is 1.52.